The number of nitrogens with one attached hydrogen (secondary N) is 2. The maximum Gasteiger partial charge on any atom is 0.293 e. The number of aryl methyl sites for hydroxylation is 1. The molecule has 0 unspecified atom stereocenters. The predicted molar refractivity (Wildman–Crippen MR) is 214 cm³/mol. The summed E-state index contributed by atoms with van der Waals surface area (Å²) < 4.78 is 124. The van der Waals surface area contributed by atoms with Crippen LogP contribution in [0.4, 0.5) is 32.2 Å². The lowest BCUT2D eigenvalue weighted by Gasteiger charge is -2.24. The van der Waals surface area contributed by atoms with Gasteiger partial charge in [-0.25, -0.2) is 31.0 Å². The SMILES string of the molecule is Cn1nc(NS(C)(=O)=O)c2c(Cl)ccc(-n3c([C@H](Cc4cc(F)cc(F)c4)NC(=O)Cn4nc(C5CC5)c5c4C(F)(F)[C@H]4C[C@@H]54)nc4nc(OCCC(C)(F)F)ccc4c3=O)c21. The van der Waals surface area contributed by atoms with Gasteiger partial charge in [0.2, 0.25) is 27.7 Å². The summed E-state index contributed by atoms with van der Waals surface area (Å²) in [4.78, 5) is 38.1. The summed E-state index contributed by atoms with van der Waals surface area (Å²) in [5, 5.41) is 11.5. The number of sulfonamides is 1. The van der Waals surface area contributed by atoms with E-state index in [1.54, 1.807) is 0 Å². The van der Waals surface area contributed by atoms with Crippen LogP contribution in [0.5, 0.6) is 5.88 Å². The Balaban J connectivity index is 1.22. The fraction of sp³-hybridized carbons (Fsp3) is 0.400. The molecule has 1 amide bonds. The van der Waals surface area contributed by atoms with Gasteiger partial charge in [-0.15, -0.1) is 0 Å². The monoisotopic (exact) mass is 903 g/mol. The van der Waals surface area contributed by atoms with E-state index < -0.39 is 82.9 Å². The van der Waals surface area contributed by atoms with E-state index in [1.807, 2.05) is 0 Å². The van der Waals surface area contributed by atoms with E-state index in [0.29, 0.717) is 23.7 Å². The molecule has 2 fully saturated rings. The number of carbonyl (C=O) groups excluding carboxylic acids is 1. The van der Waals surface area contributed by atoms with Crippen molar-refractivity contribution in [1.82, 2.24) is 39.4 Å². The molecule has 9 rings (SSSR count). The number of carbonyl (C=O) groups is 1. The number of benzene rings is 2. The number of ether oxygens (including phenoxy) is 1. The van der Waals surface area contributed by atoms with Gasteiger partial charge in [-0.2, -0.15) is 24.0 Å². The topological polar surface area (TPSA) is 168 Å². The quantitative estimate of drug-likeness (QED) is 0.112. The van der Waals surface area contributed by atoms with Gasteiger partial charge in [-0.05, 0) is 68.0 Å². The molecule has 22 heteroatoms. The Bertz CT molecular complexity index is 3000. The van der Waals surface area contributed by atoms with Gasteiger partial charge in [0, 0.05) is 49.4 Å². The Morgan fingerprint density at radius 1 is 1.08 bits per heavy atom. The first-order chi connectivity index (χ1) is 29.2. The molecule has 4 heterocycles. The molecule has 0 saturated heterocycles. The van der Waals surface area contributed by atoms with Crippen molar-refractivity contribution < 1.29 is 44.3 Å². The third kappa shape index (κ3) is 7.73. The van der Waals surface area contributed by atoms with Gasteiger partial charge < -0.3 is 10.1 Å². The number of rotatable bonds is 14. The van der Waals surface area contributed by atoms with Crippen molar-refractivity contribution in [2.75, 3.05) is 17.6 Å². The van der Waals surface area contributed by atoms with Gasteiger partial charge in [0.25, 0.3) is 11.5 Å². The molecule has 0 radical (unpaired) electrons. The first-order valence-electron chi connectivity index (χ1n) is 19.5. The van der Waals surface area contributed by atoms with Crippen LogP contribution in [0, 0.1) is 17.6 Å². The van der Waals surface area contributed by atoms with E-state index in [2.05, 4.69) is 25.2 Å². The largest absolute Gasteiger partial charge is 0.477 e. The fourth-order valence-corrected chi connectivity index (χ4v) is 9.09. The Labute approximate surface area is 353 Å². The zero-order valence-corrected chi connectivity index (χ0v) is 34.6. The maximum absolute atomic E-state index is 15.7. The Kier molecular flexibility index (Phi) is 9.88. The number of nitrogens with zero attached hydrogens (tertiary/aromatic N) is 7. The van der Waals surface area contributed by atoms with Crippen LogP contribution in [0.15, 0.2) is 47.3 Å². The third-order valence-electron chi connectivity index (χ3n) is 11.2. The molecule has 0 spiro atoms. The molecule has 3 aliphatic carbocycles. The van der Waals surface area contributed by atoms with E-state index in [0.717, 1.165) is 47.4 Å². The van der Waals surface area contributed by atoms with Gasteiger partial charge in [-0.3, -0.25) is 28.2 Å². The molecule has 0 aliphatic heterocycles. The first-order valence-corrected chi connectivity index (χ1v) is 21.7. The van der Waals surface area contributed by atoms with Gasteiger partial charge in [0.1, 0.15) is 29.7 Å². The van der Waals surface area contributed by atoms with Gasteiger partial charge in [0.05, 0.1) is 51.6 Å². The molecule has 3 aliphatic rings. The highest BCUT2D eigenvalue weighted by molar-refractivity contribution is 7.92. The summed E-state index contributed by atoms with van der Waals surface area (Å²) in [6, 6.07) is 6.48. The average molecular weight is 904 g/mol. The van der Waals surface area contributed by atoms with Crippen LogP contribution in [-0.4, -0.2) is 67.2 Å². The summed E-state index contributed by atoms with van der Waals surface area (Å²) in [5.41, 5.74) is -0.305. The second-order valence-electron chi connectivity index (χ2n) is 16.2. The van der Waals surface area contributed by atoms with Crippen LogP contribution in [0.3, 0.4) is 0 Å². The molecule has 2 N–H and O–H groups in total. The van der Waals surface area contributed by atoms with Crippen molar-refractivity contribution in [2.24, 2.45) is 13.0 Å². The van der Waals surface area contributed by atoms with Crippen molar-refractivity contribution in [3.63, 3.8) is 0 Å². The van der Waals surface area contributed by atoms with Gasteiger partial charge in [-0.1, -0.05) is 11.6 Å². The molecule has 0 bridgehead atoms. The van der Waals surface area contributed by atoms with Gasteiger partial charge in [0.15, 0.2) is 11.5 Å². The Morgan fingerprint density at radius 2 is 1.81 bits per heavy atom. The minimum Gasteiger partial charge on any atom is -0.477 e. The van der Waals surface area contributed by atoms with Crippen molar-refractivity contribution in [1.29, 1.82) is 0 Å². The fourth-order valence-electron chi connectivity index (χ4n) is 8.36. The van der Waals surface area contributed by atoms with Crippen LogP contribution < -0.4 is 20.3 Å². The zero-order chi connectivity index (χ0) is 44.2. The standard InChI is InChI=1S/C40H36ClF6N9O5S/c1-39(44,45)10-11-61-29-9-6-22-35(49-29)50-37(56(38(22)58)27-8-7-25(41)31-33(27)54(2)52-36(31)53-62(3,59)60)26(14-18-12-20(42)15-21(43)13-18)48-28(57)17-55-34-30(32(51-55)19-4-5-19)23-16-24(23)40(34,46)47/h6-9,12-13,15,19,23-24,26H,4-5,10-11,14,16-17H2,1-3H3,(H,48,57)(H,52,53)/t23-,24+,26+/m1/s1. The second-order valence-corrected chi connectivity index (χ2v) is 18.3. The van der Waals surface area contributed by atoms with Crippen LogP contribution in [0.25, 0.3) is 27.6 Å². The number of fused-ring (bicyclic) bond motifs is 5. The number of halogens is 7. The molecule has 2 saturated carbocycles. The molecule has 4 aromatic heterocycles. The average Bonchev–Trinajstić information content (AvgIpc) is 4.08. The highest BCUT2D eigenvalue weighted by atomic mass is 35.5. The number of hydrogen-bond donors (Lipinski definition) is 2. The lowest BCUT2D eigenvalue weighted by atomic mass is 10.0. The molecular formula is C40H36ClF6N9O5S. The van der Waals surface area contributed by atoms with Crippen LogP contribution in [0.2, 0.25) is 5.02 Å². The van der Waals surface area contributed by atoms with Crippen LogP contribution >= 0.6 is 11.6 Å². The minimum absolute atomic E-state index is 0.00312. The van der Waals surface area contributed by atoms with E-state index in [9.17, 15) is 35.6 Å². The maximum atomic E-state index is 15.7. The molecule has 326 valence electrons. The second kappa shape index (κ2) is 14.7. The lowest BCUT2D eigenvalue weighted by Crippen LogP contribution is -2.38. The van der Waals surface area contributed by atoms with E-state index in [-0.39, 0.29) is 73.3 Å². The summed E-state index contributed by atoms with van der Waals surface area (Å²) >= 11 is 6.62. The van der Waals surface area contributed by atoms with Gasteiger partial charge >= 0.3 is 0 Å². The molecule has 62 heavy (non-hydrogen) atoms. The Hall–Kier alpha value is -5.70. The highest BCUT2D eigenvalue weighted by Crippen LogP contribution is 2.69. The van der Waals surface area contributed by atoms with Crippen molar-refractivity contribution in [2.45, 2.75) is 75.3 Å². The Morgan fingerprint density at radius 3 is 2.48 bits per heavy atom. The summed E-state index contributed by atoms with van der Waals surface area (Å²) in [6.07, 6.45) is 1.68. The third-order valence-corrected chi connectivity index (χ3v) is 12.1. The molecule has 2 aromatic carbocycles. The van der Waals surface area contributed by atoms with Crippen LogP contribution in [0.1, 0.15) is 78.8 Å². The van der Waals surface area contributed by atoms with E-state index in [4.69, 9.17) is 21.3 Å². The van der Waals surface area contributed by atoms with E-state index in [1.165, 1.54) is 36.0 Å². The number of pyridine rings is 1. The molecule has 14 nitrogen and oxygen atoms in total. The number of aromatic nitrogens is 7. The number of anilines is 1. The normalized spacial score (nSPS) is 18.5. The molecule has 6 aromatic rings. The summed E-state index contributed by atoms with van der Waals surface area (Å²) in [6.45, 7) is -0.431. The molecular weight excluding hydrogens is 868 g/mol. The summed E-state index contributed by atoms with van der Waals surface area (Å²) in [5.74, 6) is -11.0. The minimum atomic E-state index is -3.91. The van der Waals surface area contributed by atoms with Crippen LogP contribution in [-0.2, 0) is 40.8 Å². The van der Waals surface area contributed by atoms with Crippen molar-refractivity contribution >= 4 is 55.3 Å². The highest BCUT2D eigenvalue weighted by Gasteiger charge is 2.67. The number of alkyl halides is 4. The number of hydrogen-bond acceptors (Lipinski definition) is 9. The smallest absolute Gasteiger partial charge is 0.293 e. The first kappa shape index (κ1) is 41.6. The van der Waals surface area contributed by atoms with E-state index >= 15 is 8.78 Å². The van der Waals surface area contributed by atoms with Crippen molar-refractivity contribution in [3.05, 3.63) is 97.8 Å². The zero-order valence-electron chi connectivity index (χ0n) is 33.0. The summed E-state index contributed by atoms with van der Waals surface area (Å²) in [7, 11) is -2.46. The van der Waals surface area contributed by atoms with Crippen molar-refractivity contribution in [3.8, 4) is 11.6 Å². The lowest BCUT2D eigenvalue weighted by molar-refractivity contribution is -0.123. The molecule has 3 atom stereocenters. The predicted octanol–water partition coefficient (Wildman–Crippen LogP) is 6.78. The number of amides is 1.